The van der Waals surface area contributed by atoms with Crippen LogP contribution in [0.2, 0.25) is 0 Å². The van der Waals surface area contributed by atoms with E-state index >= 15 is 0 Å². The molecule has 0 bridgehead atoms. The Morgan fingerprint density at radius 3 is 0.980 bits per heavy atom. The molecule has 0 N–H and O–H groups in total. The van der Waals surface area contributed by atoms with Gasteiger partial charge in [-0.05, 0) is 25.2 Å². The number of esters is 3. The van der Waals surface area contributed by atoms with Gasteiger partial charge in [-0.2, -0.15) is 0 Å². The standard InChI is InChI=1S/C44H84O6/c1-5-7-9-11-12-13-14-15-18-22-25-29-33-37-44(47)50-41(38-48-42(45)35-31-26-10-8-6-2)39-49-43(46)36-32-28-24-21-19-16-17-20-23-27-30-34-40(3)4/h40-41H,5-39H2,1-4H3/t41-/m0/s1. The van der Waals surface area contributed by atoms with Gasteiger partial charge in [-0.3, -0.25) is 14.4 Å². The van der Waals surface area contributed by atoms with Crippen LogP contribution in [0, 0.1) is 5.92 Å². The molecule has 6 nitrogen and oxygen atoms in total. The zero-order valence-corrected chi connectivity index (χ0v) is 33.9. The Labute approximate surface area is 310 Å². The fourth-order valence-electron chi connectivity index (χ4n) is 6.45. The molecule has 0 unspecified atom stereocenters. The van der Waals surface area contributed by atoms with Crippen molar-refractivity contribution in [3.8, 4) is 0 Å². The van der Waals surface area contributed by atoms with E-state index in [2.05, 4.69) is 27.7 Å². The van der Waals surface area contributed by atoms with E-state index in [-0.39, 0.29) is 31.1 Å². The lowest BCUT2D eigenvalue weighted by Crippen LogP contribution is -2.30. The molecule has 0 aromatic rings. The van der Waals surface area contributed by atoms with Crippen molar-refractivity contribution in [1.82, 2.24) is 0 Å². The Kier molecular flexibility index (Phi) is 37.4. The fourth-order valence-corrected chi connectivity index (χ4v) is 6.45. The Hall–Kier alpha value is -1.59. The number of hydrogen-bond acceptors (Lipinski definition) is 6. The average molecular weight is 709 g/mol. The summed E-state index contributed by atoms with van der Waals surface area (Å²) in [5.41, 5.74) is 0. The highest BCUT2D eigenvalue weighted by atomic mass is 16.6. The zero-order chi connectivity index (χ0) is 36.8. The first-order chi connectivity index (χ1) is 24.4. The van der Waals surface area contributed by atoms with Gasteiger partial charge in [0.2, 0.25) is 0 Å². The molecule has 1 atom stereocenters. The largest absolute Gasteiger partial charge is 0.462 e. The van der Waals surface area contributed by atoms with Crippen LogP contribution in [0.3, 0.4) is 0 Å². The Balaban J connectivity index is 4.20. The third kappa shape index (κ3) is 37.7. The smallest absolute Gasteiger partial charge is 0.306 e. The second-order valence-electron chi connectivity index (χ2n) is 15.5. The van der Waals surface area contributed by atoms with Gasteiger partial charge in [-0.1, -0.05) is 201 Å². The van der Waals surface area contributed by atoms with Gasteiger partial charge in [-0.15, -0.1) is 0 Å². The van der Waals surface area contributed by atoms with Crippen molar-refractivity contribution in [3.63, 3.8) is 0 Å². The molecular formula is C44H84O6. The zero-order valence-electron chi connectivity index (χ0n) is 33.9. The third-order valence-corrected chi connectivity index (χ3v) is 9.79. The molecule has 0 saturated carbocycles. The van der Waals surface area contributed by atoms with Crippen LogP contribution >= 0.6 is 0 Å². The van der Waals surface area contributed by atoms with Crippen LogP contribution in [0.5, 0.6) is 0 Å². The summed E-state index contributed by atoms with van der Waals surface area (Å²) < 4.78 is 16.6. The molecule has 6 heteroatoms. The minimum atomic E-state index is -0.757. The van der Waals surface area contributed by atoms with Gasteiger partial charge in [0.15, 0.2) is 6.10 Å². The molecule has 0 spiro atoms. The lowest BCUT2D eigenvalue weighted by molar-refractivity contribution is -0.167. The van der Waals surface area contributed by atoms with Crippen molar-refractivity contribution in [1.29, 1.82) is 0 Å². The summed E-state index contributed by atoms with van der Waals surface area (Å²) in [6.07, 6.45) is 36.8. The van der Waals surface area contributed by atoms with E-state index in [9.17, 15) is 14.4 Å². The summed E-state index contributed by atoms with van der Waals surface area (Å²) in [6, 6.07) is 0. The van der Waals surface area contributed by atoms with Gasteiger partial charge >= 0.3 is 17.9 Å². The predicted molar refractivity (Wildman–Crippen MR) is 210 cm³/mol. The molecule has 0 aromatic heterocycles. The minimum absolute atomic E-state index is 0.0651. The highest BCUT2D eigenvalue weighted by molar-refractivity contribution is 5.71. The van der Waals surface area contributed by atoms with Crippen molar-refractivity contribution in [3.05, 3.63) is 0 Å². The molecule has 0 fully saturated rings. The summed E-state index contributed by atoms with van der Waals surface area (Å²) in [5, 5.41) is 0. The topological polar surface area (TPSA) is 78.9 Å². The van der Waals surface area contributed by atoms with Crippen molar-refractivity contribution in [2.45, 2.75) is 246 Å². The maximum Gasteiger partial charge on any atom is 0.306 e. The van der Waals surface area contributed by atoms with Crippen LogP contribution < -0.4 is 0 Å². The van der Waals surface area contributed by atoms with Crippen LogP contribution in [0.25, 0.3) is 0 Å². The average Bonchev–Trinajstić information content (AvgIpc) is 3.09. The SMILES string of the molecule is CCCCCCCCCCCCCCCC(=O)O[C@@H](COC(=O)CCCCCCC)COC(=O)CCCCCCCCCCCCCC(C)C. The molecular weight excluding hydrogens is 624 g/mol. The van der Waals surface area contributed by atoms with E-state index in [1.807, 2.05) is 0 Å². The van der Waals surface area contributed by atoms with Crippen molar-refractivity contribution >= 4 is 17.9 Å². The van der Waals surface area contributed by atoms with Gasteiger partial charge < -0.3 is 14.2 Å². The van der Waals surface area contributed by atoms with Gasteiger partial charge in [0.1, 0.15) is 13.2 Å². The molecule has 0 radical (unpaired) electrons. The quantitative estimate of drug-likeness (QED) is 0.0359. The van der Waals surface area contributed by atoms with Gasteiger partial charge in [0.05, 0.1) is 0 Å². The van der Waals surface area contributed by atoms with Crippen LogP contribution in [0.4, 0.5) is 0 Å². The highest BCUT2D eigenvalue weighted by Gasteiger charge is 2.19. The number of ether oxygens (including phenoxy) is 3. The van der Waals surface area contributed by atoms with E-state index in [1.54, 1.807) is 0 Å². The molecule has 296 valence electrons. The van der Waals surface area contributed by atoms with Crippen LogP contribution in [0.15, 0.2) is 0 Å². The molecule has 0 amide bonds. The summed E-state index contributed by atoms with van der Waals surface area (Å²) in [5.74, 6) is -0.0433. The van der Waals surface area contributed by atoms with Gasteiger partial charge in [0.25, 0.3) is 0 Å². The second-order valence-corrected chi connectivity index (χ2v) is 15.5. The van der Waals surface area contributed by atoms with E-state index in [1.165, 1.54) is 128 Å². The fraction of sp³-hybridized carbons (Fsp3) is 0.932. The lowest BCUT2D eigenvalue weighted by atomic mass is 10.0. The number of unbranched alkanes of at least 4 members (excludes halogenated alkanes) is 26. The normalized spacial score (nSPS) is 11.9. The predicted octanol–water partition coefficient (Wildman–Crippen LogP) is 13.6. The van der Waals surface area contributed by atoms with Gasteiger partial charge in [-0.25, -0.2) is 0 Å². The maximum atomic E-state index is 12.6. The van der Waals surface area contributed by atoms with Crippen LogP contribution in [-0.2, 0) is 28.6 Å². The maximum absolute atomic E-state index is 12.6. The number of carbonyl (C=O) groups is 3. The lowest BCUT2D eigenvalue weighted by Gasteiger charge is -2.18. The third-order valence-electron chi connectivity index (χ3n) is 9.79. The van der Waals surface area contributed by atoms with Crippen LogP contribution in [-0.4, -0.2) is 37.2 Å². The van der Waals surface area contributed by atoms with Gasteiger partial charge in [0, 0.05) is 19.3 Å². The Morgan fingerprint density at radius 2 is 0.660 bits per heavy atom. The minimum Gasteiger partial charge on any atom is -0.462 e. The monoisotopic (exact) mass is 709 g/mol. The first kappa shape index (κ1) is 48.4. The first-order valence-electron chi connectivity index (χ1n) is 21.9. The number of carbonyl (C=O) groups excluding carboxylic acids is 3. The molecule has 0 saturated heterocycles. The first-order valence-corrected chi connectivity index (χ1v) is 21.9. The molecule has 0 aliphatic rings. The van der Waals surface area contributed by atoms with E-state index in [4.69, 9.17) is 14.2 Å². The highest BCUT2D eigenvalue weighted by Crippen LogP contribution is 2.16. The molecule has 0 aromatic carbocycles. The second kappa shape index (κ2) is 38.6. The Bertz CT molecular complexity index is 751. The molecule has 50 heavy (non-hydrogen) atoms. The Morgan fingerprint density at radius 1 is 0.380 bits per heavy atom. The molecule has 0 rings (SSSR count). The van der Waals surface area contributed by atoms with Crippen molar-refractivity contribution < 1.29 is 28.6 Å². The van der Waals surface area contributed by atoms with E-state index in [0.717, 1.165) is 70.1 Å². The molecule has 0 heterocycles. The van der Waals surface area contributed by atoms with Crippen molar-refractivity contribution in [2.24, 2.45) is 5.92 Å². The van der Waals surface area contributed by atoms with E-state index < -0.39 is 6.10 Å². The molecule has 0 aliphatic heterocycles. The summed E-state index contributed by atoms with van der Waals surface area (Å²) in [7, 11) is 0. The summed E-state index contributed by atoms with van der Waals surface area (Å²) in [4.78, 5) is 37.4. The van der Waals surface area contributed by atoms with E-state index in [0.29, 0.717) is 19.3 Å². The summed E-state index contributed by atoms with van der Waals surface area (Å²) in [6.45, 7) is 8.91. The number of rotatable bonds is 39. The summed E-state index contributed by atoms with van der Waals surface area (Å²) >= 11 is 0. The molecule has 0 aliphatic carbocycles. The van der Waals surface area contributed by atoms with Crippen LogP contribution in [0.1, 0.15) is 240 Å². The number of hydrogen-bond donors (Lipinski definition) is 0. The van der Waals surface area contributed by atoms with Crippen molar-refractivity contribution in [2.75, 3.05) is 13.2 Å².